The van der Waals surface area contributed by atoms with Crippen LogP contribution < -0.4 is 10.2 Å². The molecule has 0 atom stereocenters. The van der Waals surface area contributed by atoms with Gasteiger partial charge in [-0.2, -0.15) is 5.10 Å². The Bertz CT molecular complexity index is 625. The number of hydrogen-bond donors (Lipinski definition) is 1. The van der Waals surface area contributed by atoms with Crippen molar-refractivity contribution in [3.05, 3.63) is 52.2 Å². The van der Waals surface area contributed by atoms with E-state index in [1.54, 1.807) is 41.8 Å². The molecule has 1 aromatic carbocycles. The fraction of sp³-hybridized carbons (Fsp3) is 0.0667. The topological polar surface area (TPSA) is 50.7 Å². The van der Waals surface area contributed by atoms with Crippen LogP contribution in [-0.2, 0) is 4.79 Å². The maximum Gasteiger partial charge on any atom is 0.277 e. The maximum atomic E-state index is 11.5. The largest absolute Gasteiger partial charge is 0.484 e. The summed E-state index contributed by atoms with van der Waals surface area (Å²) < 4.78 is 5.30. The van der Waals surface area contributed by atoms with Crippen molar-refractivity contribution in [3.8, 4) is 18.1 Å². The van der Waals surface area contributed by atoms with Crippen LogP contribution in [0.3, 0.4) is 0 Å². The highest BCUT2D eigenvalue weighted by Crippen LogP contribution is 2.11. The first-order chi connectivity index (χ1) is 9.78. The molecule has 1 N–H and O–H groups in total. The van der Waals surface area contributed by atoms with Crippen molar-refractivity contribution >= 4 is 23.5 Å². The number of amides is 1. The Balaban J connectivity index is 1.76. The summed E-state index contributed by atoms with van der Waals surface area (Å²) in [5.74, 6) is 2.77. The predicted octanol–water partition coefficient (Wildman–Crippen LogP) is 2.26. The van der Waals surface area contributed by atoms with Crippen LogP contribution in [0.2, 0.25) is 0 Å². The molecule has 0 fully saturated rings. The third-order valence-corrected chi connectivity index (χ3v) is 3.12. The summed E-state index contributed by atoms with van der Waals surface area (Å²) in [7, 11) is 0. The van der Waals surface area contributed by atoms with Gasteiger partial charge >= 0.3 is 0 Å². The zero-order chi connectivity index (χ0) is 14.2. The van der Waals surface area contributed by atoms with Gasteiger partial charge in [0.15, 0.2) is 6.61 Å². The second kappa shape index (κ2) is 7.12. The van der Waals surface area contributed by atoms with Crippen LogP contribution in [0.15, 0.2) is 46.9 Å². The molecule has 20 heavy (non-hydrogen) atoms. The first kappa shape index (κ1) is 13.8. The number of nitrogens with zero attached hydrogens (tertiary/aromatic N) is 1. The summed E-state index contributed by atoms with van der Waals surface area (Å²) >= 11 is 1.54. The van der Waals surface area contributed by atoms with E-state index in [0.717, 1.165) is 10.4 Å². The fourth-order valence-electron chi connectivity index (χ4n) is 1.36. The second-order valence-electron chi connectivity index (χ2n) is 3.77. The number of hydrogen-bond acceptors (Lipinski definition) is 4. The van der Waals surface area contributed by atoms with Gasteiger partial charge in [-0.05, 0) is 35.7 Å². The van der Waals surface area contributed by atoms with Crippen molar-refractivity contribution in [2.75, 3.05) is 6.61 Å². The van der Waals surface area contributed by atoms with E-state index in [4.69, 9.17) is 11.2 Å². The molecular weight excluding hydrogens is 272 g/mol. The van der Waals surface area contributed by atoms with Crippen LogP contribution >= 0.6 is 11.3 Å². The van der Waals surface area contributed by atoms with Crippen molar-refractivity contribution in [1.82, 2.24) is 5.43 Å². The molecule has 1 aromatic heterocycles. The van der Waals surface area contributed by atoms with Crippen molar-refractivity contribution in [2.45, 2.75) is 0 Å². The summed E-state index contributed by atoms with van der Waals surface area (Å²) in [6.45, 7) is -0.100. The molecule has 5 heteroatoms. The van der Waals surface area contributed by atoms with Crippen LogP contribution in [-0.4, -0.2) is 18.7 Å². The number of carbonyl (C=O) groups excluding carboxylic acids is 1. The van der Waals surface area contributed by atoms with E-state index < -0.39 is 0 Å². The van der Waals surface area contributed by atoms with Crippen LogP contribution in [0.1, 0.15) is 10.4 Å². The molecule has 1 heterocycles. The highest BCUT2D eigenvalue weighted by atomic mass is 32.1. The van der Waals surface area contributed by atoms with Gasteiger partial charge < -0.3 is 4.74 Å². The maximum absolute atomic E-state index is 11.5. The van der Waals surface area contributed by atoms with E-state index in [0.29, 0.717) is 5.75 Å². The summed E-state index contributed by atoms with van der Waals surface area (Å²) in [4.78, 5) is 12.5. The van der Waals surface area contributed by atoms with Gasteiger partial charge in [0, 0.05) is 10.4 Å². The van der Waals surface area contributed by atoms with Crippen molar-refractivity contribution in [3.63, 3.8) is 0 Å². The molecule has 0 saturated carbocycles. The lowest BCUT2D eigenvalue weighted by atomic mass is 10.2. The summed E-state index contributed by atoms with van der Waals surface area (Å²) in [6.07, 6.45) is 6.83. The van der Waals surface area contributed by atoms with Crippen molar-refractivity contribution in [2.24, 2.45) is 5.10 Å². The molecule has 0 spiro atoms. The molecule has 0 aliphatic carbocycles. The lowest BCUT2D eigenvalue weighted by molar-refractivity contribution is -0.123. The third-order valence-electron chi connectivity index (χ3n) is 2.32. The smallest absolute Gasteiger partial charge is 0.277 e. The second-order valence-corrected chi connectivity index (χ2v) is 4.75. The van der Waals surface area contributed by atoms with Gasteiger partial charge in [0.25, 0.3) is 5.91 Å². The number of terminal acetylenes is 1. The van der Waals surface area contributed by atoms with E-state index >= 15 is 0 Å². The Labute approximate surface area is 121 Å². The molecule has 0 bridgehead atoms. The summed E-state index contributed by atoms with van der Waals surface area (Å²) in [5, 5.41) is 5.77. The lowest BCUT2D eigenvalue weighted by Gasteiger charge is -2.04. The molecule has 0 aliphatic rings. The van der Waals surface area contributed by atoms with E-state index in [1.165, 1.54) is 0 Å². The number of ether oxygens (including phenoxy) is 1. The van der Waals surface area contributed by atoms with Gasteiger partial charge in [0.2, 0.25) is 0 Å². The van der Waals surface area contributed by atoms with Gasteiger partial charge in [-0.3, -0.25) is 4.79 Å². The number of rotatable bonds is 5. The summed E-state index contributed by atoms with van der Waals surface area (Å²) in [6, 6.07) is 10.8. The third kappa shape index (κ3) is 4.26. The quantitative estimate of drug-likeness (QED) is 0.520. The average Bonchev–Trinajstić information content (AvgIpc) is 2.99. The molecule has 4 nitrogen and oxygen atoms in total. The van der Waals surface area contributed by atoms with Gasteiger partial charge in [-0.25, -0.2) is 5.43 Å². The molecular formula is C15H12N2O2S. The first-order valence-corrected chi connectivity index (χ1v) is 6.71. The van der Waals surface area contributed by atoms with E-state index in [9.17, 15) is 4.79 Å². The minimum atomic E-state index is -0.321. The minimum absolute atomic E-state index is 0.100. The van der Waals surface area contributed by atoms with Gasteiger partial charge in [0.05, 0.1) is 6.21 Å². The van der Waals surface area contributed by atoms with E-state index in [-0.39, 0.29) is 12.5 Å². The number of nitrogens with one attached hydrogen (secondary N) is 1. The predicted molar refractivity (Wildman–Crippen MR) is 79.9 cm³/mol. The standard InChI is InChI=1S/C15H12N2O2S/c1-2-12-5-7-13(8-6-12)19-11-15(18)17-16-10-14-4-3-9-20-14/h1,3-10H,11H2,(H,17,18)/b16-10+. The molecule has 2 rings (SSSR count). The van der Waals surface area contributed by atoms with Crippen LogP contribution in [0, 0.1) is 12.3 Å². The molecule has 0 unspecified atom stereocenters. The van der Waals surface area contributed by atoms with Gasteiger partial charge in [0.1, 0.15) is 5.75 Å². The minimum Gasteiger partial charge on any atom is -0.484 e. The number of thiophene rings is 1. The lowest BCUT2D eigenvalue weighted by Crippen LogP contribution is -2.24. The van der Waals surface area contributed by atoms with E-state index in [1.807, 2.05) is 17.5 Å². The molecule has 0 aliphatic heterocycles. The van der Waals surface area contributed by atoms with Crippen LogP contribution in [0.5, 0.6) is 5.75 Å². The number of carbonyl (C=O) groups is 1. The number of benzene rings is 1. The fourth-order valence-corrected chi connectivity index (χ4v) is 1.95. The average molecular weight is 284 g/mol. The Morgan fingerprint density at radius 3 is 2.85 bits per heavy atom. The Morgan fingerprint density at radius 1 is 1.40 bits per heavy atom. The zero-order valence-electron chi connectivity index (χ0n) is 10.6. The van der Waals surface area contributed by atoms with Crippen molar-refractivity contribution < 1.29 is 9.53 Å². The van der Waals surface area contributed by atoms with Gasteiger partial charge in [-0.1, -0.05) is 12.0 Å². The normalized spacial score (nSPS) is 10.2. The Hall–Kier alpha value is -2.58. The highest BCUT2D eigenvalue weighted by Gasteiger charge is 2.01. The monoisotopic (exact) mass is 284 g/mol. The van der Waals surface area contributed by atoms with Gasteiger partial charge in [-0.15, -0.1) is 17.8 Å². The highest BCUT2D eigenvalue weighted by molar-refractivity contribution is 7.11. The molecule has 100 valence electrons. The molecule has 0 saturated heterocycles. The van der Waals surface area contributed by atoms with Crippen molar-refractivity contribution in [1.29, 1.82) is 0 Å². The number of hydrazone groups is 1. The Morgan fingerprint density at radius 2 is 2.20 bits per heavy atom. The van der Waals surface area contributed by atoms with Crippen LogP contribution in [0.4, 0.5) is 0 Å². The Kier molecular flexibility index (Phi) is 4.93. The SMILES string of the molecule is C#Cc1ccc(OCC(=O)N/N=C/c2cccs2)cc1. The van der Waals surface area contributed by atoms with Crippen LogP contribution in [0.25, 0.3) is 0 Å². The summed E-state index contributed by atoms with van der Waals surface area (Å²) in [5.41, 5.74) is 3.16. The van der Waals surface area contributed by atoms with E-state index in [2.05, 4.69) is 16.4 Å². The molecule has 0 radical (unpaired) electrons. The molecule has 1 amide bonds. The molecule has 2 aromatic rings. The first-order valence-electron chi connectivity index (χ1n) is 5.83. The zero-order valence-corrected chi connectivity index (χ0v) is 11.4.